The lowest BCUT2D eigenvalue weighted by Gasteiger charge is -2.32. The fraction of sp³-hybridized carbons (Fsp3) is 0.492. The smallest absolute Gasteiger partial charge is 0.331 e. The van der Waals surface area contributed by atoms with Gasteiger partial charge in [-0.3, -0.25) is 19.1 Å². The van der Waals surface area contributed by atoms with Crippen LogP contribution in [0.15, 0.2) is 100.0 Å². The van der Waals surface area contributed by atoms with Crippen molar-refractivity contribution < 1.29 is 29.2 Å². The molecule has 0 heterocycles. The van der Waals surface area contributed by atoms with Crippen molar-refractivity contribution in [3.8, 4) is 22.3 Å². The Morgan fingerprint density at radius 1 is 0.563 bits per heavy atom. The standard InChI is InChI=1S/C26H31NO3.C24H29NO2.C6H15N.C2H3ClO.CH4NP/c1-5-7-15-26(16-8-6-2)23-12-10-9-11-21(23)22-14-13-20(17-24(22)26)25(29)18(3)27-30-19(4)28;1-4-6-14-24(15-7-5-2)21-11-9-8-10-19(21)20-13-12-18(16-22(20)24)23(26)17(3)25-27;1-4-7(5-2)6-3;1-2(3)4;1-2-3/h9-14,17H,5-8,15-16H2,1-4H3;8-13,16,27H,4-7,14-15H2,1-3H3;4-6H2,1-3H3;1H3;3H,1H3/b27-18-;25-17-;;;. The molecule has 0 bridgehead atoms. The lowest BCUT2D eigenvalue weighted by molar-refractivity contribution is -0.140. The third-order valence-corrected chi connectivity index (χ3v) is 13.3. The molecule has 0 saturated heterocycles. The lowest BCUT2D eigenvalue weighted by Crippen LogP contribution is -2.26. The molecule has 0 aromatic heterocycles. The average Bonchev–Trinajstić information content (AvgIpc) is 3.81. The van der Waals surface area contributed by atoms with Crippen LogP contribution in [0.3, 0.4) is 0 Å². The Balaban J connectivity index is 0.000000386. The van der Waals surface area contributed by atoms with Gasteiger partial charge in [0.1, 0.15) is 11.4 Å². The van der Waals surface area contributed by atoms with E-state index in [1.54, 1.807) is 20.9 Å². The number of hydrogen-bond donors (Lipinski definition) is 1. The highest BCUT2D eigenvalue weighted by atomic mass is 35.5. The second kappa shape index (κ2) is 32.0. The zero-order valence-corrected chi connectivity index (χ0v) is 46.6. The van der Waals surface area contributed by atoms with E-state index in [1.807, 2.05) is 12.1 Å². The Labute approximate surface area is 433 Å². The number of hydrogen-bond acceptors (Lipinski definition) is 10. The summed E-state index contributed by atoms with van der Waals surface area (Å²) < 4.78 is 3.31. The first-order chi connectivity index (χ1) is 34.0. The molecule has 12 heteroatoms. The summed E-state index contributed by atoms with van der Waals surface area (Å²) >= 11 is 4.64. The topological polar surface area (TPSA) is 138 Å². The molecule has 2 aliphatic rings. The van der Waals surface area contributed by atoms with Crippen LogP contribution in [0.1, 0.15) is 196 Å². The van der Waals surface area contributed by atoms with Crippen LogP contribution < -0.4 is 0 Å². The van der Waals surface area contributed by atoms with E-state index in [9.17, 15) is 19.2 Å². The summed E-state index contributed by atoms with van der Waals surface area (Å²) in [7, 11) is 4.47. The summed E-state index contributed by atoms with van der Waals surface area (Å²) in [6.45, 7) is 24.7. The Kier molecular flexibility index (Phi) is 28.0. The van der Waals surface area contributed by atoms with Crippen molar-refractivity contribution in [1.29, 1.82) is 0 Å². The maximum atomic E-state index is 12.9. The van der Waals surface area contributed by atoms with Crippen LogP contribution in [-0.4, -0.2) is 71.0 Å². The minimum absolute atomic E-state index is 0.0293. The summed E-state index contributed by atoms with van der Waals surface area (Å²) in [5, 5.41) is 15.4. The third-order valence-electron chi connectivity index (χ3n) is 13.3. The number of Topliss-reactive ketones (excluding diaryl/α,β-unsaturated/α-hetero) is 2. The first-order valence-corrected chi connectivity index (χ1v) is 26.5. The highest BCUT2D eigenvalue weighted by Crippen LogP contribution is 2.55. The first-order valence-electron chi connectivity index (χ1n) is 25.7. The minimum atomic E-state index is -0.537. The fourth-order valence-corrected chi connectivity index (χ4v) is 9.74. The number of unbranched alkanes of at least 4 members (excludes halogenated alkanes) is 4. The molecule has 0 spiro atoms. The summed E-state index contributed by atoms with van der Waals surface area (Å²) in [4.78, 5) is 52.8. The van der Waals surface area contributed by atoms with E-state index in [1.165, 1.54) is 78.0 Å². The number of carbonyl (C=O) groups excluding carboxylic acids is 4. The molecule has 71 heavy (non-hydrogen) atoms. The van der Waals surface area contributed by atoms with Crippen molar-refractivity contribution in [3.63, 3.8) is 0 Å². The Morgan fingerprint density at radius 2 is 0.887 bits per heavy atom. The van der Waals surface area contributed by atoms with Gasteiger partial charge in [0.2, 0.25) is 16.8 Å². The quantitative estimate of drug-likeness (QED) is 0.0177. The summed E-state index contributed by atoms with van der Waals surface area (Å²) in [6.07, 6.45) is 13.5. The van der Waals surface area contributed by atoms with Gasteiger partial charge in [0.25, 0.3) is 0 Å². The van der Waals surface area contributed by atoms with E-state index in [4.69, 9.17) is 5.21 Å². The van der Waals surface area contributed by atoms with E-state index < -0.39 is 5.97 Å². The number of ketones is 2. The fourth-order valence-electron chi connectivity index (χ4n) is 9.74. The first kappa shape index (κ1) is 62.0. The van der Waals surface area contributed by atoms with E-state index in [0.29, 0.717) is 11.1 Å². The van der Waals surface area contributed by atoms with Gasteiger partial charge in [0.15, 0.2) is 0 Å². The highest BCUT2D eigenvalue weighted by Gasteiger charge is 2.43. The van der Waals surface area contributed by atoms with Gasteiger partial charge in [-0.05, 0) is 136 Å². The third kappa shape index (κ3) is 16.7. The predicted molar refractivity (Wildman–Crippen MR) is 299 cm³/mol. The van der Waals surface area contributed by atoms with Crippen LogP contribution in [0, 0.1) is 0 Å². The molecule has 0 amide bonds. The molecule has 0 fully saturated rings. The van der Waals surface area contributed by atoms with Crippen LogP contribution in [0.4, 0.5) is 0 Å². The number of rotatable bonds is 20. The molecule has 10 nitrogen and oxygen atoms in total. The maximum Gasteiger partial charge on any atom is 0.331 e. The zero-order chi connectivity index (χ0) is 53.1. The van der Waals surface area contributed by atoms with Gasteiger partial charge in [-0.25, -0.2) is 4.79 Å². The Morgan fingerprint density at radius 3 is 1.18 bits per heavy atom. The number of nitrogens with zero attached hydrogens (tertiary/aromatic N) is 4. The van der Waals surface area contributed by atoms with E-state index >= 15 is 0 Å². The zero-order valence-electron chi connectivity index (χ0n) is 44.8. The molecule has 0 atom stereocenters. The Bertz CT molecular complexity index is 2400. The van der Waals surface area contributed by atoms with E-state index in [0.717, 1.165) is 77.0 Å². The van der Waals surface area contributed by atoms with Crippen LogP contribution in [0.5, 0.6) is 0 Å². The summed E-state index contributed by atoms with van der Waals surface area (Å²) in [6, 6.07) is 29.3. The second-order valence-corrected chi connectivity index (χ2v) is 19.1. The van der Waals surface area contributed by atoms with Crippen molar-refractivity contribution in [1.82, 2.24) is 4.90 Å². The van der Waals surface area contributed by atoms with Gasteiger partial charge in [-0.15, -0.1) is 0 Å². The molecule has 0 radical (unpaired) electrons. The van der Waals surface area contributed by atoms with E-state index in [2.05, 4.69) is 167 Å². The van der Waals surface area contributed by atoms with Crippen molar-refractivity contribution in [2.75, 3.05) is 26.7 Å². The van der Waals surface area contributed by atoms with Crippen LogP contribution in [0.2, 0.25) is 0 Å². The van der Waals surface area contributed by atoms with Gasteiger partial charge in [-0.2, -0.15) is 0 Å². The SMILES string of the molecule is CC(=O)Cl.CCCCC1(CCCC)c2ccccc2-c2ccc(C(=O)/C(C)=N\O)cc21.CCCCC1(CCCC)c2ccccc2-c2ccc(C(=O)/C(C)=N\OC(C)=O)cc21.CCN(CC)CC.CN=P. The number of fused-ring (bicyclic) bond motifs is 6. The van der Waals surface area contributed by atoms with Crippen molar-refractivity contribution in [2.45, 2.75) is 164 Å². The highest BCUT2D eigenvalue weighted by molar-refractivity contribution is 7.03. The minimum Gasteiger partial charge on any atom is -0.411 e. The lowest BCUT2D eigenvalue weighted by atomic mass is 9.70. The van der Waals surface area contributed by atoms with Gasteiger partial charge in [0.05, 0.1) is 0 Å². The van der Waals surface area contributed by atoms with Gasteiger partial charge < -0.3 is 14.9 Å². The monoisotopic (exact) mass is 1010 g/mol. The molecule has 1 N–H and O–H groups in total. The van der Waals surface area contributed by atoms with Gasteiger partial charge >= 0.3 is 5.97 Å². The number of carbonyl (C=O) groups is 4. The van der Waals surface area contributed by atoms with Crippen LogP contribution in [0.25, 0.3) is 22.3 Å². The molecular formula is C59H82ClN4O6P. The molecule has 0 aliphatic heterocycles. The molecule has 0 unspecified atom stereocenters. The molecule has 0 saturated carbocycles. The number of oxime groups is 2. The number of halogens is 1. The second-order valence-electron chi connectivity index (χ2n) is 18.1. The molecule has 4 aromatic carbocycles. The summed E-state index contributed by atoms with van der Waals surface area (Å²) in [5.41, 5.74) is 11.8. The number of benzene rings is 4. The van der Waals surface area contributed by atoms with Gasteiger partial charge in [-0.1, -0.05) is 183 Å². The predicted octanol–water partition coefficient (Wildman–Crippen LogP) is 15.9. The van der Waals surface area contributed by atoms with Gasteiger partial charge in [0, 0.05) is 42.9 Å². The molecule has 6 rings (SSSR count). The summed E-state index contributed by atoms with van der Waals surface area (Å²) in [5.74, 6) is -0.962. The normalized spacial score (nSPS) is 13.2. The van der Waals surface area contributed by atoms with Crippen molar-refractivity contribution in [2.24, 2.45) is 15.1 Å². The molecule has 2 aliphatic carbocycles. The molecule has 386 valence electrons. The molecular weight excluding hydrogens is 927 g/mol. The average molecular weight is 1010 g/mol. The Hall–Kier alpha value is -5.15. The van der Waals surface area contributed by atoms with Crippen molar-refractivity contribution in [3.05, 3.63) is 118 Å². The van der Waals surface area contributed by atoms with Crippen LogP contribution in [-0.2, 0) is 25.3 Å². The van der Waals surface area contributed by atoms with E-state index in [-0.39, 0.29) is 39.1 Å². The molecule has 4 aromatic rings. The van der Waals surface area contributed by atoms with Crippen molar-refractivity contribution >= 4 is 54.8 Å². The largest absolute Gasteiger partial charge is 0.411 e. The maximum absolute atomic E-state index is 12.9. The van der Waals surface area contributed by atoms with Crippen LogP contribution >= 0.6 is 20.6 Å².